The van der Waals surface area contributed by atoms with Gasteiger partial charge in [0, 0.05) is 15.6 Å². The standard InChI is InChI=1S/C23H16Cl2F2N2O2/c1-13-22(30)28(12-14-15(24)6-4-7-16(14)25)19-10-2-3-11-20(19)29(13)23(31)21-17(26)8-5-9-18(21)27/h2-11,13H,12H2,1H3. The molecule has 4 nitrogen and oxygen atoms in total. The predicted octanol–water partition coefficient (Wildman–Crippen LogP) is 5.85. The number of halogens is 4. The van der Waals surface area contributed by atoms with Crippen molar-refractivity contribution in [2.45, 2.75) is 19.5 Å². The Hall–Kier alpha value is -2.96. The molecule has 0 N–H and O–H groups in total. The number of amides is 2. The van der Waals surface area contributed by atoms with Gasteiger partial charge in [-0.2, -0.15) is 0 Å². The molecular weight excluding hydrogens is 445 g/mol. The SMILES string of the molecule is CC1C(=O)N(Cc2c(Cl)cccc2Cl)c2ccccc2N1C(=O)c1c(F)cccc1F. The molecule has 0 radical (unpaired) electrons. The lowest BCUT2D eigenvalue weighted by molar-refractivity contribution is -0.119. The molecular formula is C23H16Cl2F2N2O2. The fourth-order valence-corrected chi connectivity index (χ4v) is 4.19. The summed E-state index contributed by atoms with van der Waals surface area (Å²) in [5.41, 5.74) is 0.609. The molecule has 0 bridgehead atoms. The summed E-state index contributed by atoms with van der Waals surface area (Å²) < 4.78 is 28.6. The zero-order valence-corrected chi connectivity index (χ0v) is 17.8. The fraction of sp³-hybridized carbons (Fsp3) is 0.130. The molecule has 1 unspecified atom stereocenters. The van der Waals surface area contributed by atoms with Gasteiger partial charge in [0.25, 0.3) is 5.91 Å². The molecule has 158 valence electrons. The Morgan fingerprint density at radius 2 is 1.45 bits per heavy atom. The van der Waals surface area contributed by atoms with Gasteiger partial charge in [-0.3, -0.25) is 14.5 Å². The summed E-state index contributed by atoms with van der Waals surface area (Å²) in [5.74, 6) is -3.35. The number of fused-ring (bicyclic) bond motifs is 1. The minimum Gasteiger partial charge on any atom is -0.304 e. The largest absolute Gasteiger partial charge is 0.304 e. The molecule has 4 rings (SSSR count). The van der Waals surface area contributed by atoms with Crippen molar-refractivity contribution in [3.63, 3.8) is 0 Å². The Morgan fingerprint density at radius 1 is 0.903 bits per heavy atom. The van der Waals surface area contributed by atoms with Crippen LogP contribution < -0.4 is 9.80 Å². The Labute approximate surface area is 187 Å². The van der Waals surface area contributed by atoms with Gasteiger partial charge in [0.15, 0.2) is 0 Å². The van der Waals surface area contributed by atoms with E-state index in [1.54, 1.807) is 42.5 Å². The third-order valence-corrected chi connectivity index (χ3v) is 5.92. The second-order valence-electron chi connectivity index (χ2n) is 7.06. The zero-order chi connectivity index (χ0) is 22.3. The van der Waals surface area contributed by atoms with Gasteiger partial charge in [-0.1, -0.05) is 47.5 Å². The number of carbonyl (C=O) groups is 2. The van der Waals surface area contributed by atoms with Crippen molar-refractivity contribution in [2.24, 2.45) is 0 Å². The van der Waals surface area contributed by atoms with Crippen LogP contribution in [0.5, 0.6) is 0 Å². The molecule has 0 saturated carbocycles. The van der Waals surface area contributed by atoms with Crippen LogP contribution >= 0.6 is 23.2 Å². The van der Waals surface area contributed by atoms with Gasteiger partial charge in [-0.15, -0.1) is 0 Å². The van der Waals surface area contributed by atoms with Crippen LogP contribution in [-0.2, 0) is 11.3 Å². The van der Waals surface area contributed by atoms with Crippen molar-refractivity contribution in [3.8, 4) is 0 Å². The average molecular weight is 461 g/mol. The molecule has 0 saturated heterocycles. The maximum absolute atomic E-state index is 14.3. The highest BCUT2D eigenvalue weighted by atomic mass is 35.5. The number of anilines is 2. The van der Waals surface area contributed by atoms with Crippen molar-refractivity contribution >= 4 is 46.4 Å². The third kappa shape index (κ3) is 3.66. The van der Waals surface area contributed by atoms with Crippen molar-refractivity contribution in [2.75, 3.05) is 9.80 Å². The molecule has 0 fully saturated rings. The molecule has 1 aliphatic rings. The number of hydrogen-bond donors (Lipinski definition) is 0. The van der Waals surface area contributed by atoms with E-state index in [9.17, 15) is 18.4 Å². The predicted molar refractivity (Wildman–Crippen MR) is 117 cm³/mol. The number of carbonyl (C=O) groups excluding carboxylic acids is 2. The van der Waals surface area contributed by atoms with Gasteiger partial charge in [0.05, 0.1) is 17.9 Å². The van der Waals surface area contributed by atoms with E-state index in [1.807, 2.05) is 0 Å². The molecule has 0 spiro atoms. The topological polar surface area (TPSA) is 40.6 Å². The van der Waals surface area contributed by atoms with E-state index in [-0.39, 0.29) is 6.54 Å². The second-order valence-corrected chi connectivity index (χ2v) is 7.88. The lowest BCUT2D eigenvalue weighted by atomic mass is 10.0. The van der Waals surface area contributed by atoms with Gasteiger partial charge < -0.3 is 4.90 Å². The van der Waals surface area contributed by atoms with Crippen LogP contribution in [0.1, 0.15) is 22.8 Å². The first-order valence-corrected chi connectivity index (χ1v) is 10.2. The summed E-state index contributed by atoms with van der Waals surface area (Å²) in [6.07, 6.45) is 0. The summed E-state index contributed by atoms with van der Waals surface area (Å²) >= 11 is 12.6. The number of rotatable bonds is 3. The van der Waals surface area contributed by atoms with Gasteiger partial charge in [-0.05, 0) is 43.3 Å². The van der Waals surface area contributed by atoms with Crippen LogP contribution in [0.25, 0.3) is 0 Å². The Morgan fingerprint density at radius 3 is 2.06 bits per heavy atom. The molecule has 1 atom stereocenters. The van der Waals surface area contributed by atoms with Crippen molar-refractivity contribution in [3.05, 3.63) is 93.5 Å². The molecule has 1 heterocycles. The van der Waals surface area contributed by atoms with Crippen LogP contribution in [0.15, 0.2) is 60.7 Å². The third-order valence-electron chi connectivity index (χ3n) is 5.22. The summed E-state index contributed by atoms with van der Waals surface area (Å²) in [5, 5.41) is 0.801. The number of benzene rings is 3. The van der Waals surface area contributed by atoms with Crippen LogP contribution in [0, 0.1) is 11.6 Å². The van der Waals surface area contributed by atoms with E-state index < -0.39 is 35.1 Å². The average Bonchev–Trinajstić information content (AvgIpc) is 2.73. The van der Waals surface area contributed by atoms with Gasteiger partial charge in [0.1, 0.15) is 23.2 Å². The van der Waals surface area contributed by atoms with E-state index in [1.165, 1.54) is 17.9 Å². The van der Waals surface area contributed by atoms with E-state index >= 15 is 0 Å². The molecule has 0 aromatic heterocycles. The van der Waals surface area contributed by atoms with Crippen LogP contribution in [0.3, 0.4) is 0 Å². The minimum absolute atomic E-state index is 0.0782. The van der Waals surface area contributed by atoms with E-state index in [2.05, 4.69) is 0 Å². The molecule has 8 heteroatoms. The quantitative estimate of drug-likeness (QED) is 0.491. The number of hydrogen-bond acceptors (Lipinski definition) is 2. The molecule has 3 aromatic carbocycles. The highest BCUT2D eigenvalue weighted by Crippen LogP contribution is 2.39. The van der Waals surface area contributed by atoms with Crippen LogP contribution in [0.4, 0.5) is 20.2 Å². The first-order chi connectivity index (χ1) is 14.8. The highest BCUT2D eigenvalue weighted by Gasteiger charge is 2.40. The smallest absolute Gasteiger partial charge is 0.265 e. The number of nitrogens with zero attached hydrogens (tertiary/aromatic N) is 2. The second kappa shape index (κ2) is 8.29. The van der Waals surface area contributed by atoms with Gasteiger partial charge in [0.2, 0.25) is 5.91 Å². The maximum Gasteiger partial charge on any atom is 0.265 e. The van der Waals surface area contributed by atoms with Gasteiger partial charge in [-0.25, -0.2) is 8.78 Å². The lowest BCUT2D eigenvalue weighted by Gasteiger charge is -2.40. The summed E-state index contributed by atoms with van der Waals surface area (Å²) in [7, 11) is 0. The monoisotopic (exact) mass is 460 g/mol. The summed E-state index contributed by atoms with van der Waals surface area (Å²) in [4.78, 5) is 29.0. The first-order valence-electron chi connectivity index (χ1n) is 9.42. The minimum atomic E-state index is -1.01. The molecule has 31 heavy (non-hydrogen) atoms. The van der Waals surface area contributed by atoms with Crippen LogP contribution in [-0.4, -0.2) is 17.9 Å². The van der Waals surface area contributed by atoms with Gasteiger partial charge >= 0.3 is 0 Å². The molecule has 1 aliphatic heterocycles. The first kappa shape index (κ1) is 21.3. The Bertz CT molecular complexity index is 1160. The van der Waals surface area contributed by atoms with Crippen molar-refractivity contribution < 1.29 is 18.4 Å². The van der Waals surface area contributed by atoms with E-state index in [0.717, 1.165) is 17.0 Å². The molecule has 0 aliphatic carbocycles. The summed E-state index contributed by atoms with van der Waals surface area (Å²) in [6, 6.07) is 13.9. The summed E-state index contributed by atoms with van der Waals surface area (Å²) in [6.45, 7) is 1.59. The lowest BCUT2D eigenvalue weighted by Crippen LogP contribution is -2.54. The Kier molecular flexibility index (Phi) is 5.69. The molecule has 2 amide bonds. The Balaban J connectivity index is 1.81. The highest BCUT2D eigenvalue weighted by molar-refractivity contribution is 6.36. The normalized spacial score (nSPS) is 15.8. The van der Waals surface area contributed by atoms with Crippen molar-refractivity contribution in [1.29, 1.82) is 0 Å². The number of para-hydroxylation sites is 2. The fourth-order valence-electron chi connectivity index (χ4n) is 3.67. The zero-order valence-electron chi connectivity index (χ0n) is 16.3. The van der Waals surface area contributed by atoms with E-state index in [4.69, 9.17) is 23.2 Å². The maximum atomic E-state index is 14.3. The van der Waals surface area contributed by atoms with Crippen molar-refractivity contribution in [1.82, 2.24) is 0 Å². The van der Waals surface area contributed by atoms with Crippen LogP contribution in [0.2, 0.25) is 10.0 Å². The van der Waals surface area contributed by atoms with E-state index in [0.29, 0.717) is 27.0 Å². The molecule has 3 aromatic rings.